The van der Waals surface area contributed by atoms with E-state index in [0.29, 0.717) is 17.1 Å². The van der Waals surface area contributed by atoms with Crippen LogP contribution < -0.4 is 14.8 Å². The van der Waals surface area contributed by atoms with Crippen molar-refractivity contribution in [2.45, 2.75) is 44.7 Å². The summed E-state index contributed by atoms with van der Waals surface area (Å²) < 4.78 is 39.8. The number of urea groups is 1. The van der Waals surface area contributed by atoms with Crippen molar-refractivity contribution in [2.75, 3.05) is 36.8 Å². The molecule has 0 spiro atoms. The minimum atomic E-state index is -3.90. The van der Waals surface area contributed by atoms with Crippen molar-refractivity contribution in [3.05, 3.63) is 65.5 Å². The molecule has 3 aromatic rings. The molecule has 2 aromatic carbocycles. The maximum absolute atomic E-state index is 13.7. The molecule has 0 saturated carbocycles. The summed E-state index contributed by atoms with van der Waals surface area (Å²) in [4.78, 5) is 29.7. The topological polar surface area (TPSA) is 154 Å². The highest BCUT2D eigenvalue weighted by atomic mass is 32.2. The average Bonchev–Trinajstić information content (AvgIpc) is 3.27. The van der Waals surface area contributed by atoms with Gasteiger partial charge in [0.05, 0.1) is 29.7 Å². The van der Waals surface area contributed by atoms with Gasteiger partial charge < -0.3 is 29.5 Å². The van der Waals surface area contributed by atoms with Crippen molar-refractivity contribution < 1.29 is 32.4 Å². The zero-order valence-corrected chi connectivity index (χ0v) is 24.4. The van der Waals surface area contributed by atoms with Crippen LogP contribution in [-0.2, 0) is 10.0 Å². The number of nitrogens with zero attached hydrogens (tertiary/aromatic N) is 3. The minimum Gasteiger partial charge on any atom is -0.487 e. The summed E-state index contributed by atoms with van der Waals surface area (Å²) in [5.41, 5.74) is 1.37. The van der Waals surface area contributed by atoms with Gasteiger partial charge in [0.25, 0.3) is 15.9 Å². The van der Waals surface area contributed by atoms with E-state index in [4.69, 9.17) is 9.26 Å². The maximum Gasteiger partial charge on any atom is 0.321 e. The largest absolute Gasteiger partial charge is 0.487 e. The minimum absolute atomic E-state index is 0.0802. The number of ether oxygens (including phenoxy) is 1. The molecule has 0 unspecified atom stereocenters. The van der Waals surface area contributed by atoms with Crippen LogP contribution in [-0.4, -0.2) is 79.3 Å². The molecule has 0 saturated heterocycles. The Morgan fingerprint density at radius 3 is 2.56 bits per heavy atom. The van der Waals surface area contributed by atoms with Gasteiger partial charge in [-0.25, -0.2) is 13.2 Å². The second-order valence-electron chi connectivity index (χ2n) is 10.3. The van der Waals surface area contributed by atoms with Crippen molar-refractivity contribution in [1.29, 1.82) is 0 Å². The quantitative estimate of drug-likeness (QED) is 0.363. The number of rotatable bonds is 8. The summed E-state index contributed by atoms with van der Waals surface area (Å²) in [5.74, 6) is 0.0901. The van der Waals surface area contributed by atoms with Gasteiger partial charge in [-0.05, 0) is 51.1 Å². The van der Waals surface area contributed by atoms with Crippen LogP contribution in [0, 0.1) is 19.8 Å². The van der Waals surface area contributed by atoms with Crippen molar-refractivity contribution >= 4 is 33.3 Å². The predicted molar refractivity (Wildman–Crippen MR) is 152 cm³/mol. The lowest BCUT2D eigenvalue weighted by molar-refractivity contribution is 0.0371. The second-order valence-corrected chi connectivity index (χ2v) is 11.9. The molecule has 4 rings (SSSR count). The number of amides is 3. The molecular formula is C28H35N5O7S. The Bertz CT molecular complexity index is 1490. The fourth-order valence-electron chi connectivity index (χ4n) is 4.53. The van der Waals surface area contributed by atoms with Crippen molar-refractivity contribution in [2.24, 2.45) is 5.92 Å². The zero-order valence-electron chi connectivity index (χ0n) is 23.6. The van der Waals surface area contributed by atoms with E-state index in [9.17, 15) is 23.1 Å². The van der Waals surface area contributed by atoms with Gasteiger partial charge in [-0.15, -0.1) is 0 Å². The number of hydrogen-bond donors (Lipinski definition) is 3. The number of hydrogen-bond acceptors (Lipinski definition) is 8. The van der Waals surface area contributed by atoms with E-state index in [2.05, 4.69) is 15.2 Å². The highest BCUT2D eigenvalue weighted by Crippen LogP contribution is 2.31. The van der Waals surface area contributed by atoms with Crippen LogP contribution in [0.4, 0.5) is 16.2 Å². The smallest absolute Gasteiger partial charge is 0.321 e. The van der Waals surface area contributed by atoms with E-state index in [1.807, 2.05) is 6.92 Å². The van der Waals surface area contributed by atoms with E-state index < -0.39 is 28.1 Å². The number of nitrogens with one attached hydrogen (secondary N) is 2. The van der Waals surface area contributed by atoms with Crippen LogP contribution in [0.2, 0.25) is 0 Å². The van der Waals surface area contributed by atoms with E-state index in [1.54, 1.807) is 50.9 Å². The molecule has 2 heterocycles. The van der Waals surface area contributed by atoms with Gasteiger partial charge in [0, 0.05) is 25.2 Å². The Morgan fingerprint density at radius 2 is 1.93 bits per heavy atom. The number of fused-ring (bicyclic) bond motifs is 1. The van der Waals surface area contributed by atoms with Gasteiger partial charge in [0.15, 0.2) is 5.76 Å². The monoisotopic (exact) mass is 585 g/mol. The molecule has 1 aliphatic heterocycles. The molecule has 1 aliphatic rings. The third-order valence-electron chi connectivity index (χ3n) is 7.04. The Balaban J connectivity index is 1.62. The van der Waals surface area contributed by atoms with Gasteiger partial charge in [-0.3, -0.25) is 9.52 Å². The lowest BCUT2D eigenvalue weighted by atomic mass is 9.99. The molecule has 3 atom stereocenters. The molecule has 12 nitrogen and oxygen atoms in total. The number of carbonyl (C=O) groups is 2. The van der Waals surface area contributed by atoms with Crippen LogP contribution in [0.3, 0.4) is 0 Å². The highest BCUT2D eigenvalue weighted by molar-refractivity contribution is 7.92. The van der Waals surface area contributed by atoms with Crippen LogP contribution >= 0.6 is 0 Å². The number of benzene rings is 2. The van der Waals surface area contributed by atoms with Crippen LogP contribution in [0.25, 0.3) is 0 Å². The fraction of sp³-hybridized carbons (Fsp3) is 0.393. The molecule has 3 amide bonds. The number of likely N-dealkylation sites (N-methyl/N-ethyl adjacent to an activating group) is 1. The first-order valence-corrected chi connectivity index (χ1v) is 14.6. The SMILES string of the molecule is Cc1noc(C)c1NC(=O)N(C)C[C@H]1Oc2ccc(NS(=O)(=O)c3ccccc3)cc2C(=O)N([C@H](C)CO)C[C@H]1C. The van der Waals surface area contributed by atoms with Crippen molar-refractivity contribution in [1.82, 2.24) is 15.0 Å². The third-order valence-corrected chi connectivity index (χ3v) is 8.43. The number of aliphatic hydroxyl groups excluding tert-OH is 1. The first kappa shape index (κ1) is 29.9. The summed E-state index contributed by atoms with van der Waals surface area (Å²) in [6.07, 6.45) is -0.539. The highest BCUT2D eigenvalue weighted by Gasteiger charge is 2.34. The number of aliphatic hydroxyl groups is 1. The molecule has 0 bridgehead atoms. The average molecular weight is 586 g/mol. The van der Waals surface area contributed by atoms with Gasteiger partial charge in [0.1, 0.15) is 23.2 Å². The molecule has 0 radical (unpaired) electrons. The molecule has 3 N–H and O–H groups in total. The van der Waals surface area contributed by atoms with Gasteiger partial charge in [0.2, 0.25) is 0 Å². The van der Waals surface area contributed by atoms with Gasteiger partial charge >= 0.3 is 6.03 Å². The summed E-state index contributed by atoms with van der Waals surface area (Å²) in [5, 5.41) is 16.6. The summed E-state index contributed by atoms with van der Waals surface area (Å²) >= 11 is 0. The van der Waals surface area contributed by atoms with Gasteiger partial charge in [-0.1, -0.05) is 30.3 Å². The first-order chi connectivity index (χ1) is 19.4. The standard InChI is InChI=1S/C28H35N5O7S/c1-17-14-33(18(2)16-34)27(35)23-13-21(31-41(37,38)22-9-7-6-8-10-22)11-12-24(23)39-25(17)15-32(5)28(36)29-26-19(3)30-40-20(26)4/h6-13,17-18,25,31,34H,14-16H2,1-5H3,(H,29,36)/t17-,18-,25-/m1/s1. The number of anilines is 2. The van der Waals surface area contributed by atoms with E-state index in [-0.39, 0.29) is 53.5 Å². The van der Waals surface area contributed by atoms with Crippen molar-refractivity contribution in [3.8, 4) is 5.75 Å². The summed E-state index contributed by atoms with van der Waals surface area (Å²) in [6.45, 7) is 7.21. The zero-order chi connectivity index (χ0) is 29.9. The number of carbonyl (C=O) groups excluding carboxylic acids is 2. The van der Waals surface area contributed by atoms with Crippen LogP contribution in [0.5, 0.6) is 5.75 Å². The van der Waals surface area contributed by atoms with E-state index in [1.165, 1.54) is 35.2 Å². The van der Waals surface area contributed by atoms with Gasteiger partial charge in [-0.2, -0.15) is 0 Å². The van der Waals surface area contributed by atoms with Crippen molar-refractivity contribution in [3.63, 3.8) is 0 Å². The summed E-state index contributed by atoms with van der Waals surface area (Å²) in [6, 6.07) is 11.5. The lowest BCUT2D eigenvalue weighted by Gasteiger charge is -2.38. The first-order valence-electron chi connectivity index (χ1n) is 13.2. The molecule has 1 aromatic heterocycles. The Hall–Kier alpha value is -4.10. The number of aryl methyl sites for hydroxylation is 2. The second kappa shape index (κ2) is 12.2. The number of aromatic nitrogens is 1. The molecule has 13 heteroatoms. The molecule has 41 heavy (non-hydrogen) atoms. The summed E-state index contributed by atoms with van der Waals surface area (Å²) in [7, 11) is -2.27. The van der Waals surface area contributed by atoms with E-state index >= 15 is 0 Å². The molecular weight excluding hydrogens is 550 g/mol. The lowest BCUT2D eigenvalue weighted by Crippen LogP contribution is -2.50. The Labute approximate surface area is 239 Å². The van der Waals surface area contributed by atoms with E-state index in [0.717, 1.165) is 0 Å². The van der Waals surface area contributed by atoms with Crippen LogP contribution in [0.15, 0.2) is 57.9 Å². The molecule has 0 aliphatic carbocycles. The predicted octanol–water partition coefficient (Wildman–Crippen LogP) is 3.48. The maximum atomic E-state index is 13.7. The number of sulfonamides is 1. The Morgan fingerprint density at radius 1 is 1.22 bits per heavy atom. The third kappa shape index (κ3) is 6.63. The Kier molecular flexibility index (Phi) is 8.88. The fourth-order valence-corrected chi connectivity index (χ4v) is 5.60. The molecule has 0 fully saturated rings. The van der Waals surface area contributed by atoms with Crippen LogP contribution in [0.1, 0.15) is 35.7 Å². The normalized spacial score (nSPS) is 18.0. The molecule has 220 valence electrons.